The highest BCUT2D eigenvalue weighted by molar-refractivity contribution is 6.30. The fourth-order valence-corrected chi connectivity index (χ4v) is 3.91. The normalized spacial score (nSPS) is 27.5. The molecular formula is C18H28ClNO. The van der Waals surface area contributed by atoms with Gasteiger partial charge in [-0.15, -0.1) is 0 Å². The monoisotopic (exact) mass is 309 g/mol. The summed E-state index contributed by atoms with van der Waals surface area (Å²) in [4.78, 5) is 0. The fourth-order valence-electron chi connectivity index (χ4n) is 3.79. The van der Waals surface area contributed by atoms with Gasteiger partial charge >= 0.3 is 0 Å². The van der Waals surface area contributed by atoms with Gasteiger partial charge in [-0.2, -0.15) is 0 Å². The summed E-state index contributed by atoms with van der Waals surface area (Å²) in [5, 5.41) is 4.32. The molecule has 1 N–H and O–H groups in total. The van der Waals surface area contributed by atoms with Gasteiger partial charge < -0.3 is 10.1 Å². The van der Waals surface area contributed by atoms with Crippen LogP contribution in [0.2, 0.25) is 5.02 Å². The lowest BCUT2D eigenvalue weighted by Gasteiger charge is -2.45. The minimum atomic E-state index is -0.0270. The lowest BCUT2D eigenvalue weighted by Crippen LogP contribution is -2.55. The molecule has 0 heterocycles. The third-order valence-corrected chi connectivity index (χ3v) is 5.01. The van der Waals surface area contributed by atoms with Crippen LogP contribution in [0.4, 0.5) is 0 Å². The van der Waals surface area contributed by atoms with E-state index in [4.69, 9.17) is 16.3 Å². The van der Waals surface area contributed by atoms with Crippen molar-refractivity contribution in [2.75, 3.05) is 13.7 Å². The SMILES string of the molecule is CCOC1(C(Cc2ccc(Cl)cc2)NC)CCCC(C)C1. The average molecular weight is 310 g/mol. The molecular weight excluding hydrogens is 282 g/mol. The molecule has 3 unspecified atom stereocenters. The summed E-state index contributed by atoms with van der Waals surface area (Å²) in [5.74, 6) is 0.742. The molecule has 0 radical (unpaired) electrons. The van der Waals surface area contributed by atoms with Gasteiger partial charge in [0, 0.05) is 17.7 Å². The second-order valence-electron chi connectivity index (χ2n) is 6.37. The molecule has 1 aliphatic carbocycles. The third kappa shape index (κ3) is 4.21. The second-order valence-corrected chi connectivity index (χ2v) is 6.81. The molecule has 1 aromatic carbocycles. The molecule has 21 heavy (non-hydrogen) atoms. The van der Waals surface area contributed by atoms with Gasteiger partial charge in [-0.25, -0.2) is 0 Å². The van der Waals surface area contributed by atoms with Crippen LogP contribution in [-0.2, 0) is 11.2 Å². The topological polar surface area (TPSA) is 21.3 Å². The number of ether oxygens (including phenoxy) is 1. The summed E-state index contributed by atoms with van der Waals surface area (Å²) in [7, 11) is 2.06. The summed E-state index contributed by atoms with van der Waals surface area (Å²) in [6, 6.07) is 8.54. The summed E-state index contributed by atoms with van der Waals surface area (Å²) in [5.41, 5.74) is 1.29. The molecule has 0 aromatic heterocycles. The molecule has 3 heteroatoms. The number of nitrogens with one attached hydrogen (secondary N) is 1. The Morgan fingerprint density at radius 3 is 2.67 bits per heavy atom. The maximum absolute atomic E-state index is 6.30. The van der Waals surface area contributed by atoms with Crippen LogP contribution in [-0.4, -0.2) is 25.3 Å². The zero-order valence-corrected chi connectivity index (χ0v) is 14.2. The van der Waals surface area contributed by atoms with Gasteiger partial charge in [0.2, 0.25) is 0 Å². The van der Waals surface area contributed by atoms with Crippen LogP contribution in [0.15, 0.2) is 24.3 Å². The smallest absolute Gasteiger partial charge is 0.0840 e. The molecule has 0 saturated heterocycles. The Morgan fingerprint density at radius 2 is 2.10 bits per heavy atom. The number of hydrogen-bond acceptors (Lipinski definition) is 2. The highest BCUT2D eigenvalue weighted by Gasteiger charge is 2.41. The summed E-state index contributed by atoms with van der Waals surface area (Å²) in [6.07, 6.45) is 5.89. The van der Waals surface area contributed by atoms with E-state index in [9.17, 15) is 0 Å². The van der Waals surface area contributed by atoms with E-state index in [2.05, 4.69) is 38.3 Å². The van der Waals surface area contributed by atoms with Gasteiger partial charge in [0.05, 0.1) is 5.60 Å². The first-order valence-corrected chi connectivity index (χ1v) is 8.53. The Labute approximate surface area is 134 Å². The molecule has 118 valence electrons. The predicted octanol–water partition coefficient (Wildman–Crippen LogP) is 4.46. The molecule has 0 spiro atoms. The van der Waals surface area contributed by atoms with Crippen LogP contribution < -0.4 is 5.32 Å². The van der Waals surface area contributed by atoms with Crippen molar-refractivity contribution in [3.63, 3.8) is 0 Å². The van der Waals surface area contributed by atoms with Gasteiger partial charge in [0.25, 0.3) is 0 Å². The third-order valence-electron chi connectivity index (χ3n) is 4.76. The predicted molar refractivity (Wildman–Crippen MR) is 90.0 cm³/mol. The van der Waals surface area contributed by atoms with Crippen molar-refractivity contribution >= 4 is 11.6 Å². The van der Waals surface area contributed by atoms with Gasteiger partial charge in [0.15, 0.2) is 0 Å². The Bertz CT molecular complexity index is 429. The lowest BCUT2D eigenvalue weighted by atomic mass is 9.73. The van der Waals surface area contributed by atoms with E-state index in [0.29, 0.717) is 6.04 Å². The zero-order chi connectivity index (χ0) is 15.3. The number of hydrogen-bond donors (Lipinski definition) is 1. The number of halogens is 1. The summed E-state index contributed by atoms with van der Waals surface area (Å²) >= 11 is 5.99. The van der Waals surface area contributed by atoms with E-state index >= 15 is 0 Å². The lowest BCUT2D eigenvalue weighted by molar-refractivity contribution is -0.0988. The molecule has 3 atom stereocenters. The van der Waals surface area contributed by atoms with Crippen LogP contribution >= 0.6 is 11.6 Å². The van der Waals surface area contributed by atoms with Crippen molar-refractivity contribution in [3.8, 4) is 0 Å². The first kappa shape index (κ1) is 16.8. The number of benzene rings is 1. The van der Waals surface area contributed by atoms with Gasteiger partial charge in [-0.3, -0.25) is 0 Å². The summed E-state index contributed by atoms with van der Waals surface area (Å²) < 4.78 is 6.30. The minimum absolute atomic E-state index is 0.0270. The van der Waals surface area contributed by atoms with Crippen LogP contribution in [0.3, 0.4) is 0 Å². The zero-order valence-electron chi connectivity index (χ0n) is 13.5. The van der Waals surface area contributed by atoms with E-state index < -0.39 is 0 Å². The average Bonchev–Trinajstić information content (AvgIpc) is 2.47. The van der Waals surface area contributed by atoms with Crippen molar-refractivity contribution in [2.45, 2.75) is 57.6 Å². The van der Waals surface area contributed by atoms with Crippen molar-refractivity contribution in [1.82, 2.24) is 5.32 Å². The standard InChI is InChI=1S/C18H28ClNO/c1-4-21-18(11-5-6-14(2)13-18)17(20-3)12-15-7-9-16(19)10-8-15/h7-10,14,17,20H,4-6,11-13H2,1-3H3. The van der Waals surface area contributed by atoms with Crippen LogP contribution in [0.5, 0.6) is 0 Å². The Hall–Kier alpha value is -0.570. The van der Waals surface area contributed by atoms with Crippen molar-refractivity contribution in [2.24, 2.45) is 5.92 Å². The van der Waals surface area contributed by atoms with Gasteiger partial charge in [-0.1, -0.05) is 43.5 Å². The Balaban J connectivity index is 2.17. The fraction of sp³-hybridized carbons (Fsp3) is 0.667. The van der Waals surface area contributed by atoms with Crippen LogP contribution in [0, 0.1) is 5.92 Å². The maximum atomic E-state index is 6.30. The maximum Gasteiger partial charge on any atom is 0.0840 e. The number of rotatable bonds is 6. The molecule has 1 fully saturated rings. The number of likely N-dealkylation sites (N-methyl/N-ethyl adjacent to an activating group) is 1. The van der Waals surface area contributed by atoms with E-state index in [1.165, 1.54) is 18.4 Å². The molecule has 1 aromatic rings. The van der Waals surface area contributed by atoms with E-state index in [1.807, 2.05) is 12.1 Å². The first-order valence-electron chi connectivity index (χ1n) is 8.15. The van der Waals surface area contributed by atoms with E-state index in [0.717, 1.165) is 36.8 Å². The molecule has 0 bridgehead atoms. The van der Waals surface area contributed by atoms with Gasteiger partial charge in [-0.05, 0) is 56.8 Å². The second kappa shape index (κ2) is 7.62. The van der Waals surface area contributed by atoms with E-state index in [1.54, 1.807) is 0 Å². The van der Waals surface area contributed by atoms with Crippen molar-refractivity contribution in [3.05, 3.63) is 34.9 Å². The molecule has 0 amide bonds. The highest BCUT2D eigenvalue weighted by Crippen LogP contribution is 2.38. The molecule has 2 nitrogen and oxygen atoms in total. The highest BCUT2D eigenvalue weighted by atomic mass is 35.5. The summed E-state index contributed by atoms with van der Waals surface area (Å²) in [6.45, 7) is 5.24. The molecule has 1 saturated carbocycles. The van der Waals surface area contributed by atoms with Crippen molar-refractivity contribution in [1.29, 1.82) is 0 Å². The van der Waals surface area contributed by atoms with E-state index in [-0.39, 0.29) is 5.60 Å². The molecule has 2 rings (SSSR count). The van der Waals surface area contributed by atoms with Crippen LogP contribution in [0.25, 0.3) is 0 Å². The Morgan fingerprint density at radius 1 is 1.38 bits per heavy atom. The van der Waals surface area contributed by atoms with Gasteiger partial charge in [0.1, 0.15) is 0 Å². The largest absolute Gasteiger partial charge is 0.374 e. The van der Waals surface area contributed by atoms with Crippen molar-refractivity contribution < 1.29 is 4.74 Å². The minimum Gasteiger partial charge on any atom is -0.374 e. The Kier molecular flexibility index (Phi) is 6.09. The quantitative estimate of drug-likeness (QED) is 0.838. The molecule has 1 aliphatic rings. The molecule has 0 aliphatic heterocycles. The first-order chi connectivity index (χ1) is 10.1. The van der Waals surface area contributed by atoms with Crippen LogP contribution in [0.1, 0.15) is 45.1 Å².